The van der Waals surface area contributed by atoms with Crippen LogP contribution in [-0.2, 0) is 0 Å². The second kappa shape index (κ2) is 6.05. The van der Waals surface area contributed by atoms with E-state index in [0.29, 0.717) is 12.1 Å². The number of hydrogen-bond donors (Lipinski definition) is 1. The van der Waals surface area contributed by atoms with Crippen LogP contribution in [0.25, 0.3) is 0 Å². The summed E-state index contributed by atoms with van der Waals surface area (Å²) in [6, 6.07) is 2.87. The number of nitrogens with two attached hydrogens (primary N) is 1. The van der Waals surface area contributed by atoms with Crippen LogP contribution in [0, 0.1) is 0 Å². The molecule has 0 aliphatic heterocycles. The summed E-state index contributed by atoms with van der Waals surface area (Å²) in [5, 5.41) is 4.48. The van der Waals surface area contributed by atoms with Gasteiger partial charge in [0.25, 0.3) is 0 Å². The molecule has 0 radical (unpaired) electrons. The van der Waals surface area contributed by atoms with Gasteiger partial charge in [-0.3, -0.25) is 4.68 Å². The number of nitrogens with zero attached hydrogens (tertiary/aromatic N) is 2. The standard InChI is InChI=1S/C13H23N3O/c1-2-3-10-17-13-8-9-16(15-13)12-6-4-11(14)5-7-12/h8-9,11-12H,2-7,10,14H2,1H3/t11-,12-. The minimum absolute atomic E-state index is 0.391. The molecule has 1 aromatic rings. The predicted molar refractivity (Wildman–Crippen MR) is 68.1 cm³/mol. The van der Waals surface area contributed by atoms with Gasteiger partial charge in [-0.1, -0.05) is 13.3 Å². The number of hydrogen-bond acceptors (Lipinski definition) is 3. The van der Waals surface area contributed by atoms with Gasteiger partial charge in [0.1, 0.15) is 0 Å². The zero-order chi connectivity index (χ0) is 12.1. The Morgan fingerprint density at radius 3 is 2.88 bits per heavy atom. The van der Waals surface area contributed by atoms with Crippen LogP contribution in [0.15, 0.2) is 12.3 Å². The highest BCUT2D eigenvalue weighted by Crippen LogP contribution is 2.27. The van der Waals surface area contributed by atoms with Crippen LogP contribution < -0.4 is 10.5 Å². The van der Waals surface area contributed by atoms with Crippen LogP contribution in [0.5, 0.6) is 5.88 Å². The van der Waals surface area contributed by atoms with E-state index in [0.717, 1.165) is 51.0 Å². The van der Waals surface area contributed by atoms with Gasteiger partial charge in [0.15, 0.2) is 0 Å². The summed E-state index contributed by atoms with van der Waals surface area (Å²) in [7, 11) is 0. The first-order chi connectivity index (χ1) is 8.29. The highest BCUT2D eigenvalue weighted by molar-refractivity contribution is 5.06. The van der Waals surface area contributed by atoms with Crippen molar-refractivity contribution in [2.75, 3.05) is 6.61 Å². The Bertz CT molecular complexity index is 329. The first-order valence-corrected chi connectivity index (χ1v) is 6.73. The van der Waals surface area contributed by atoms with E-state index in [-0.39, 0.29) is 0 Å². The molecular formula is C13H23N3O. The molecule has 4 nitrogen and oxygen atoms in total. The number of ether oxygens (including phenoxy) is 1. The van der Waals surface area contributed by atoms with Crippen molar-refractivity contribution in [2.24, 2.45) is 5.73 Å². The summed E-state index contributed by atoms with van der Waals surface area (Å²) in [4.78, 5) is 0. The third kappa shape index (κ3) is 3.46. The quantitative estimate of drug-likeness (QED) is 0.800. The molecule has 4 heteroatoms. The maximum absolute atomic E-state index is 5.91. The third-order valence-corrected chi connectivity index (χ3v) is 3.45. The van der Waals surface area contributed by atoms with E-state index in [2.05, 4.69) is 12.0 Å². The summed E-state index contributed by atoms with van der Waals surface area (Å²) in [5.74, 6) is 0.758. The molecule has 0 amide bonds. The molecule has 1 aliphatic carbocycles. The Morgan fingerprint density at radius 1 is 1.41 bits per heavy atom. The van der Waals surface area contributed by atoms with Gasteiger partial charge in [-0.2, -0.15) is 0 Å². The van der Waals surface area contributed by atoms with Crippen LogP contribution >= 0.6 is 0 Å². The molecule has 0 spiro atoms. The van der Waals surface area contributed by atoms with Crippen LogP contribution in [0.4, 0.5) is 0 Å². The first kappa shape index (κ1) is 12.4. The molecule has 17 heavy (non-hydrogen) atoms. The lowest BCUT2D eigenvalue weighted by Gasteiger charge is -2.26. The molecular weight excluding hydrogens is 214 g/mol. The molecule has 1 saturated carbocycles. The van der Waals surface area contributed by atoms with E-state index >= 15 is 0 Å². The molecule has 0 unspecified atom stereocenters. The minimum Gasteiger partial charge on any atom is -0.477 e. The molecule has 1 fully saturated rings. The molecule has 1 aliphatic rings. The molecule has 0 saturated heterocycles. The van der Waals surface area contributed by atoms with Gasteiger partial charge in [0.2, 0.25) is 5.88 Å². The topological polar surface area (TPSA) is 53.1 Å². The number of unbranched alkanes of at least 4 members (excludes halogenated alkanes) is 1. The minimum atomic E-state index is 0.391. The SMILES string of the molecule is CCCCOc1ccn([C@H]2CC[C@H](N)CC2)n1. The van der Waals surface area contributed by atoms with E-state index in [1.165, 1.54) is 0 Å². The van der Waals surface area contributed by atoms with Crippen molar-refractivity contribution in [3.63, 3.8) is 0 Å². The Hall–Kier alpha value is -1.03. The zero-order valence-electron chi connectivity index (χ0n) is 10.6. The van der Waals surface area contributed by atoms with E-state index in [1.54, 1.807) is 0 Å². The van der Waals surface area contributed by atoms with Crippen LogP contribution in [-0.4, -0.2) is 22.4 Å². The summed E-state index contributed by atoms with van der Waals surface area (Å²) in [6.45, 7) is 2.93. The molecule has 0 atom stereocenters. The molecule has 96 valence electrons. The van der Waals surface area contributed by atoms with Crippen LogP contribution in [0.2, 0.25) is 0 Å². The van der Waals surface area contributed by atoms with Crippen molar-refractivity contribution in [3.05, 3.63) is 12.3 Å². The predicted octanol–water partition coefficient (Wildman–Crippen LogP) is 2.50. The summed E-state index contributed by atoms with van der Waals surface area (Å²) < 4.78 is 7.63. The lowest BCUT2D eigenvalue weighted by Crippen LogP contribution is -2.28. The second-order valence-electron chi connectivity index (χ2n) is 4.90. The van der Waals surface area contributed by atoms with Crippen molar-refractivity contribution < 1.29 is 4.74 Å². The van der Waals surface area contributed by atoms with Gasteiger partial charge >= 0.3 is 0 Å². The molecule has 1 aromatic heterocycles. The maximum atomic E-state index is 5.91. The fraction of sp³-hybridized carbons (Fsp3) is 0.769. The second-order valence-corrected chi connectivity index (χ2v) is 4.90. The molecule has 0 bridgehead atoms. The fourth-order valence-corrected chi connectivity index (χ4v) is 2.29. The van der Waals surface area contributed by atoms with Gasteiger partial charge in [0.05, 0.1) is 12.6 Å². The van der Waals surface area contributed by atoms with Gasteiger partial charge in [-0.25, -0.2) is 0 Å². The van der Waals surface area contributed by atoms with Gasteiger partial charge in [0, 0.05) is 18.3 Å². The van der Waals surface area contributed by atoms with Crippen molar-refractivity contribution in [1.29, 1.82) is 0 Å². The van der Waals surface area contributed by atoms with Gasteiger partial charge in [-0.05, 0) is 32.1 Å². The maximum Gasteiger partial charge on any atom is 0.232 e. The number of rotatable bonds is 5. The highest BCUT2D eigenvalue weighted by Gasteiger charge is 2.20. The smallest absolute Gasteiger partial charge is 0.232 e. The Labute approximate surface area is 103 Å². The average molecular weight is 237 g/mol. The number of aromatic nitrogens is 2. The van der Waals surface area contributed by atoms with Crippen molar-refractivity contribution >= 4 is 0 Å². The van der Waals surface area contributed by atoms with Gasteiger partial charge in [-0.15, -0.1) is 5.10 Å². The molecule has 2 N–H and O–H groups in total. The summed E-state index contributed by atoms with van der Waals surface area (Å²) >= 11 is 0. The monoisotopic (exact) mass is 237 g/mol. The average Bonchev–Trinajstić information content (AvgIpc) is 2.79. The van der Waals surface area contributed by atoms with Crippen LogP contribution in [0.3, 0.4) is 0 Å². The Kier molecular flexibility index (Phi) is 4.42. The third-order valence-electron chi connectivity index (χ3n) is 3.45. The fourth-order valence-electron chi connectivity index (χ4n) is 2.29. The Morgan fingerprint density at radius 2 is 2.18 bits per heavy atom. The van der Waals surface area contributed by atoms with Crippen molar-refractivity contribution in [1.82, 2.24) is 9.78 Å². The van der Waals surface area contributed by atoms with Crippen molar-refractivity contribution in [3.8, 4) is 5.88 Å². The first-order valence-electron chi connectivity index (χ1n) is 6.73. The van der Waals surface area contributed by atoms with Gasteiger partial charge < -0.3 is 10.5 Å². The van der Waals surface area contributed by atoms with E-state index in [4.69, 9.17) is 10.5 Å². The summed E-state index contributed by atoms with van der Waals surface area (Å²) in [6.07, 6.45) is 8.76. The molecule has 2 rings (SSSR count). The largest absolute Gasteiger partial charge is 0.477 e. The lowest BCUT2D eigenvalue weighted by molar-refractivity contribution is 0.273. The van der Waals surface area contributed by atoms with Crippen molar-refractivity contribution in [2.45, 2.75) is 57.5 Å². The Balaban J connectivity index is 1.85. The zero-order valence-corrected chi connectivity index (χ0v) is 10.6. The molecule has 0 aromatic carbocycles. The van der Waals surface area contributed by atoms with E-state index < -0.39 is 0 Å². The lowest BCUT2D eigenvalue weighted by atomic mass is 9.92. The normalized spacial score (nSPS) is 24.8. The summed E-state index contributed by atoms with van der Waals surface area (Å²) in [5.41, 5.74) is 5.91. The molecule has 1 heterocycles. The van der Waals surface area contributed by atoms with Crippen LogP contribution in [0.1, 0.15) is 51.5 Å². The van der Waals surface area contributed by atoms with E-state index in [1.807, 2.05) is 16.9 Å². The highest BCUT2D eigenvalue weighted by atomic mass is 16.5. The van der Waals surface area contributed by atoms with E-state index in [9.17, 15) is 0 Å².